The van der Waals surface area contributed by atoms with Crippen LogP contribution in [0.4, 0.5) is 5.69 Å². The average Bonchev–Trinajstić information content (AvgIpc) is 3.32. The lowest BCUT2D eigenvalue weighted by molar-refractivity contribution is -0.0333. The number of nitrogens with zero attached hydrogens (tertiary/aromatic N) is 2. The van der Waals surface area contributed by atoms with Crippen molar-refractivity contribution < 1.29 is 23.1 Å². The van der Waals surface area contributed by atoms with E-state index in [1.807, 2.05) is 54.7 Å². The maximum absolute atomic E-state index is 13.5. The molecular weight excluding hydrogens is 808 g/mol. The van der Waals surface area contributed by atoms with E-state index in [2.05, 4.69) is 52.7 Å². The highest BCUT2D eigenvalue weighted by Gasteiger charge is 2.52. The summed E-state index contributed by atoms with van der Waals surface area (Å²) in [6.45, 7) is 15.8. The number of aryl methyl sites for hydroxylation is 1. The normalized spacial score (nSPS) is 33.4. The summed E-state index contributed by atoms with van der Waals surface area (Å²) in [5.74, 6) is 2.18. The van der Waals surface area contributed by atoms with Crippen molar-refractivity contribution in [3.05, 3.63) is 70.3 Å². The summed E-state index contributed by atoms with van der Waals surface area (Å²) in [5, 5.41) is 16.0. The number of benzene rings is 2. The Kier molecular flexibility index (Phi) is 14.9. The highest BCUT2D eigenvalue weighted by atomic mass is 35.5. The van der Waals surface area contributed by atoms with Crippen LogP contribution < -0.4 is 19.7 Å². The second-order valence-corrected chi connectivity index (χ2v) is 22.9. The number of rotatable bonds is 2. The second-order valence-electron chi connectivity index (χ2n) is 17.7. The third-order valence-corrected chi connectivity index (χ3v) is 19.0. The van der Waals surface area contributed by atoms with Gasteiger partial charge in [-0.3, -0.25) is 9.69 Å². The van der Waals surface area contributed by atoms with Crippen molar-refractivity contribution in [1.29, 1.82) is 0 Å². The molecule has 0 aromatic heterocycles. The molecule has 2 aliphatic carbocycles. The number of ether oxygens (including phenoxy) is 1. The van der Waals surface area contributed by atoms with Crippen molar-refractivity contribution in [2.24, 2.45) is 17.8 Å². The van der Waals surface area contributed by atoms with E-state index in [0.717, 1.165) is 73.8 Å². The van der Waals surface area contributed by atoms with E-state index in [9.17, 15) is 18.3 Å². The van der Waals surface area contributed by atoms with E-state index >= 15 is 0 Å². The Balaban J connectivity index is 0.000000452. The maximum atomic E-state index is 13.5. The second kappa shape index (κ2) is 19.0. The van der Waals surface area contributed by atoms with Crippen LogP contribution in [0.15, 0.2) is 48.6 Å². The number of nitrogens with one attached hydrogen (secondary N) is 2. The van der Waals surface area contributed by atoms with Gasteiger partial charge in [0.1, 0.15) is 11.4 Å². The van der Waals surface area contributed by atoms with Crippen LogP contribution in [0.5, 0.6) is 5.75 Å². The number of halogens is 1. The molecule has 58 heavy (non-hydrogen) atoms. The Morgan fingerprint density at radius 1 is 1.05 bits per heavy atom. The summed E-state index contributed by atoms with van der Waals surface area (Å²) in [5.41, 5.74) is 2.32. The zero-order chi connectivity index (χ0) is 40.5. The molecule has 3 fully saturated rings. The smallest absolute Gasteiger partial charge is 0.264 e. The molecule has 1 spiro atoms. The van der Waals surface area contributed by atoms with Crippen molar-refractivity contribution in [1.82, 2.24) is 14.9 Å². The minimum atomic E-state index is -3.95. The van der Waals surface area contributed by atoms with Gasteiger partial charge in [-0.2, -0.15) is 0 Å². The lowest BCUT2D eigenvalue weighted by Crippen LogP contribution is -2.55. The summed E-state index contributed by atoms with van der Waals surface area (Å²) < 4.78 is 35.9. The van der Waals surface area contributed by atoms with Crippen molar-refractivity contribution in [3.63, 3.8) is 0 Å². The molecular formula is C45H67ClN4O5S3. The molecule has 13 heteroatoms. The van der Waals surface area contributed by atoms with Crippen LogP contribution in [0.1, 0.15) is 102 Å². The van der Waals surface area contributed by atoms with Gasteiger partial charge in [-0.05, 0) is 143 Å². The molecule has 1 amide bonds. The minimum Gasteiger partial charge on any atom is -0.490 e. The zero-order valence-corrected chi connectivity index (χ0v) is 37.5. The number of fused-ring (bicyclic) bond motifs is 4. The number of hydrogen-bond donors (Lipinski definition) is 3. The number of piperazine rings is 1. The van der Waals surface area contributed by atoms with E-state index in [1.54, 1.807) is 19.1 Å². The first-order valence-electron chi connectivity index (χ1n) is 21.2. The van der Waals surface area contributed by atoms with Gasteiger partial charge < -0.3 is 20.1 Å². The van der Waals surface area contributed by atoms with E-state index in [0.29, 0.717) is 44.0 Å². The van der Waals surface area contributed by atoms with Gasteiger partial charge >= 0.3 is 0 Å². The van der Waals surface area contributed by atoms with E-state index in [-0.39, 0.29) is 40.7 Å². The van der Waals surface area contributed by atoms with Gasteiger partial charge in [-0.15, -0.1) is 23.5 Å². The Labute approximate surface area is 362 Å². The third kappa shape index (κ3) is 9.58. The summed E-state index contributed by atoms with van der Waals surface area (Å²) >= 11 is 10.2. The molecule has 8 rings (SSSR count). The minimum absolute atomic E-state index is 0. The van der Waals surface area contributed by atoms with E-state index < -0.39 is 26.8 Å². The number of carbonyl (C=O) groups is 1. The first kappa shape index (κ1) is 45.6. The van der Waals surface area contributed by atoms with Crippen LogP contribution in [-0.4, -0.2) is 103 Å². The van der Waals surface area contributed by atoms with E-state index in [4.69, 9.17) is 16.3 Å². The van der Waals surface area contributed by atoms with Gasteiger partial charge in [-0.1, -0.05) is 44.2 Å². The molecule has 0 radical (unpaired) electrons. The maximum Gasteiger partial charge on any atom is 0.264 e. The SMILES string of the molecule is C.CC(C)N1CCNC[C@H]1C.C[C@@H]1[C@@H](C)C/C=C/[C@](O)(C2SCCCS2)[C@@H]2CC[C@H]2CN2C[C@@]3(CCCc4cc(Cl)ccc43)COc3ccc(cc32)C(=O)NS1(=O)=O. The van der Waals surface area contributed by atoms with Crippen LogP contribution >= 0.6 is 35.1 Å². The Morgan fingerprint density at radius 3 is 2.52 bits per heavy atom. The Morgan fingerprint density at radius 2 is 1.83 bits per heavy atom. The molecule has 2 saturated heterocycles. The summed E-state index contributed by atoms with van der Waals surface area (Å²) in [6.07, 6.45) is 10.5. The number of allylic oxidation sites excluding steroid dienone is 1. The fraction of sp³-hybridized carbons (Fsp3) is 0.667. The van der Waals surface area contributed by atoms with Gasteiger partial charge in [-0.25, -0.2) is 13.1 Å². The molecule has 322 valence electrons. The summed E-state index contributed by atoms with van der Waals surface area (Å²) in [4.78, 5) is 18.4. The standard InChI is InChI=1S/C36H45ClN2O5S3.C8H18N2.CH4/c1-23-6-3-15-36(41,34-45-16-5-17-46-34)30-11-8-27(30)20-39-21-35(14-4-7-25-18-28(37)10-12-29(25)35)22-44-32-13-9-26(19-31(32)39)33(40)38-47(42,43)24(23)2;1-7(2)10-5-4-9-6-8(10)3;/h3,9-10,12-13,15,18-19,23-24,27,30,34,41H,4-8,11,14,16-17,20-22H2,1-2H3,(H,38,40);7-9H,4-6H2,1-3H3;1H4/b15-3+;;/t23-,24+,27-,30+,35-,36+;8-;/m01./s1. The van der Waals surface area contributed by atoms with Gasteiger partial charge in [0, 0.05) is 60.8 Å². The van der Waals surface area contributed by atoms with Crippen molar-refractivity contribution >= 4 is 56.7 Å². The molecule has 2 aromatic rings. The predicted molar refractivity (Wildman–Crippen MR) is 244 cm³/mol. The summed E-state index contributed by atoms with van der Waals surface area (Å²) in [6, 6.07) is 12.9. The van der Waals surface area contributed by atoms with Gasteiger partial charge in [0.25, 0.3) is 5.91 Å². The van der Waals surface area contributed by atoms with Crippen LogP contribution in [0.3, 0.4) is 0 Å². The van der Waals surface area contributed by atoms with Gasteiger partial charge in [0.2, 0.25) is 10.0 Å². The number of amides is 1. The van der Waals surface area contributed by atoms with E-state index in [1.165, 1.54) is 17.7 Å². The molecule has 4 heterocycles. The molecule has 0 unspecified atom stereocenters. The van der Waals surface area contributed by atoms with Crippen molar-refractivity contribution in [2.45, 2.75) is 120 Å². The molecule has 3 N–H and O–H groups in total. The zero-order valence-electron chi connectivity index (χ0n) is 34.3. The molecule has 4 aliphatic heterocycles. The van der Waals surface area contributed by atoms with Crippen LogP contribution in [-0.2, 0) is 21.9 Å². The molecule has 2 aromatic carbocycles. The number of sulfonamides is 1. The lowest BCUT2D eigenvalue weighted by atomic mass is 9.64. The van der Waals surface area contributed by atoms with Crippen molar-refractivity contribution in [2.75, 3.05) is 55.7 Å². The topological polar surface area (TPSA) is 111 Å². The number of aliphatic hydroxyl groups is 1. The average molecular weight is 876 g/mol. The molecule has 1 saturated carbocycles. The number of anilines is 1. The monoisotopic (exact) mass is 874 g/mol. The van der Waals surface area contributed by atoms with Gasteiger partial charge in [0.05, 0.1) is 22.1 Å². The first-order valence-corrected chi connectivity index (χ1v) is 25.2. The Bertz CT molecular complexity index is 1890. The fourth-order valence-electron chi connectivity index (χ4n) is 9.94. The quantitative estimate of drug-likeness (QED) is 0.256. The van der Waals surface area contributed by atoms with Gasteiger partial charge in [0.15, 0.2) is 0 Å². The van der Waals surface area contributed by atoms with Crippen molar-refractivity contribution in [3.8, 4) is 5.75 Å². The van der Waals surface area contributed by atoms with Crippen LogP contribution in [0.25, 0.3) is 0 Å². The predicted octanol–water partition coefficient (Wildman–Crippen LogP) is 8.14. The van der Waals surface area contributed by atoms with Crippen LogP contribution in [0, 0.1) is 17.8 Å². The summed E-state index contributed by atoms with van der Waals surface area (Å²) in [7, 11) is -3.95. The first-order chi connectivity index (χ1) is 27.2. The Hall–Kier alpha value is -1.93. The highest BCUT2D eigenvalue weighted by molar-refractivity contribution is 8.17. The lowest BCUT2D eigenvalue weighted by Gasteiger charge is -2.51. The largest absolute Gasteiger partial charge is 0.490 e. The number of thioether (sulfide) groups is 2. The molecule has 7 atom stereocenters. The third-order valence-electron chi connectivity index (χ3n) is 13.6. The molecule has 2 bridgehead atoms. The van der Waals surface area contributed by atoms with Crippen LogP contribution in [0.2, 0.25) is 5.02 Å². The highest BCUT2D eigenvalue weighted by Crippen LogP contribution is 2.53. The fourth-order valence-corrected chi connectivity index (χ4v) is 14.7. The molecule has 6 aliphatic rings. The number of carbonyl (C=O) groups excluding carboxylic acids is 1. The number of hydrogen-bond acceptors (Lipinski definition) is 10. The molecule has 9 nitrogen and oxygen atoms in total.